The van der Waals surface area contributed by atoms with Crippen LogP contribution in [0.2, 0.25) is 0 Å². The monoisotopic (exact) mass is 313 g/mol. The maximum absolute atomic E-state index is 12.8. The number of benzene rings is 1. The number of rotatable bonds is 3. The predicted molar refractivity (Wildman–Crippen MR) is 77.8 cm³/mol. The fourth-order valence-electron chi connectivity index (χ4n) is 2.82. The second kappa shape index (κ2) is 5.28. The Bertz CT molecular complexity index is 664. The van der Waals surface area contributed by atoms with Crippen LogP contribution in [-0.4, -0.2) is 42.4 Å². The van der Waals surface area contributed by atoms with Gasteiger partial charge in [-0.2, -0.15) is 4.31 Å². The third kappa shape index (κ3) is 2.74. The van der Waals surface area contributed by atoms with Gasteiger partial charge in [-0.15, -0.1) is 0 Å². The van der Waals surface area contributed by atoms with Crippen molar-refractivity contribution in [2.45, 2.75) is 37.3 Å². The van der Waals surface area contributed by atoms with Crippen LogP contribution in [0.3, 0.4) is 0 Å². The SMILES string of the molecule is Cc1cc(N)cc(C)c1S(=O)(=O)N1CC(O)CC1C(N)=O. The van der Waals surface area contributed by atoms with Crippen LogP contribution in [0, 0.1) is 13.8 Å². The van der Waals surface area contributed by atoms with Gasteiger partial charge in [0.05, 0.1) is 11.0 Å². The van der Waals surface area contributed by atoms with Gasteiger partial charge in [-0.1, -0.05) is 0 Å². The molecule has 0 spiro atoms. The van der Waals surface area contributed by atoms with E-state index in [1.165, 1.54) is 0 Å². The molecule has 0 radical (unpaired) electrons. The van der Waals surface area contributed by atoms with E-state index in [1.54, 1.807) is 26.0 Å². The van der Waals surface area contributed by atoms with E-state index >= 15 is 0 Å². The van der Waals surface area contributed by atoms with Gasteiger partial charge in [0.1, 0.15) is 6.04 Å². The van der Waals surface area contributed by atoms with Gasteiger partial charge < -0.3 is 16.6 Å². The van der Waals surface area contributed by atoms with Gasteiger partial charge in [0.25, 0.3) is 0 Å². The lowest BCUT2D eigenvalue weighted by atomic mass is 10.1. The van der Waals surface area contributed by atoms with E-state index in [-0.39, 0.29) is 17.9 Å². The van der Waals surface area contributed by atoms with E-state index in [9.17, 15) is 18.3 Å². The minimum Gasteiger partial charge on any atom is -0.399 e. The summed E-state index contributed by atoms with van der Waals surface area (Å²) in [7, 11) is -3.93. The molecule has 1 aromatic rings. The third-order valence-electron chi connectivity index (χ3n) is 3.61. The Balaban J connectivity index is 2.55. The van der Waals surface area contributed by atoms with Crippen molar-refractivity contribution in [2.75, 3.05) is 12.3 Å². The summed E-state index contributed by atoms with van der Waals surface area (Å²) in [6.45, 7) is 3.14. The largest absolute Gasteiger partial charge is 0.399 e. The van der Waals surface area contributed by atoms with Crippen molar-refractivity contribution in [1.29, 1.82) is 0 Å². The smallest absolute Gasteiger partial charge is 0.244 e. The van der Waals surface area contributed by atoms with E-state index in [1.807, 2.05) is 0 Å². The first kappa shape index (κ1) is 15.7. The number of aliphatic hydroxyl groups is 1. The quantitative estimate of drug-likeness (QED) is 0.648. The Morgan fingerprint density at radius 2 is 1.86 bits per heavy atom. The van der Waals surface area contributed by atoms with Crippen molar-refractivity contribution in [3.8, 4) is 0 Å². The maximum Gasteiger partial charge on any atom is 0.244 e. The van der Waals surface area contributed by atoms with Crippen molar-refractivity contribution in [1.82, 2.24) is 4.31 Å². The zero-order chi connectivity index (χ0) is 15.9. The first-order chi connectivity index (χ1) is 9.64. The summed E-state index contributed by atoms with van der Waals surface area (Å²) in [6, 6.07) is 2.10. The van der Waals surface area contributed by atoms with Gasteiger partial charge >= 0.3 is 0 Å². The van der Waals surface area contributed by atoms with E-state index in [0.717, 1.165) is 4.31 Å². The van der Waals surface area contributed by atoms with Crippen LogP contribution in [-0.2, 0) is 14.8 Å². The maximum atomic E-state index is 12.8. The Morgan fingerprint density at radius 3 is 2.33 bits per heavy atom. The van der Waals surface area contributed by atoms with Crippen LogP contribution in [0.4, 0.5) is 5.69 Å². The fourth-order valence-corrected chi connectivity index (χ4v) is 4.88. The first-order valence-electron chi connectivity index (χ1n) is 6.50. The lowest BCUT2D eigenvalue weighted by Crippen LogP contribution is -2.44. The zero-order valence-electron chi connectivity index (χ0n) is 11.9. The van der Waals surface area contributed by atoms with Gasteiger partial charge in [0.15, 0.2) is 0 Å². The highest BCUT2D eigenvalue weighted by molar-refractivity contribution is 7.89. The highest BCUT2D eigenvalue weighted by Gasteiger charge is 2.43. The number of carbonyl (C=O) groups excluding carboxylic acids is 1. The molecule has 1 saturated heterocycles. The summed E-state index contributed by atoms with van der Waals surface area (Å²) < 4.78 is 26.6. The van der Waals surface area contributed by atoms with Crippen molar-refractivity contribution in [3.05, 3.63) is 23.3 Å². The summed E-state index contributed by atoms with van der Waals surface area (Å²) in [5.74, 6) is -0.763. The summed E-state index contributed by atoms with van der Waals surface area (Å²) in [5.41, 5.74) is 12.4. The van der Waals surface area contributed by atoms with Crippen LogP contribution in [0.1, 0.15) is 17.5 Å². The van der Waals surface area contributed by atoms with E-state index in [2.05, 4.69) is 0 Å². The average molecular weight is 313 g/mol. The number of hydrogen-bond donors (Lipinski definition) is 3. The van der Waals surface area contributed by atoms with Crippen molar-refractivity contribution in [2.24, 2.45) is 5.73 Å². The second-order valence-corrected chi connectivity index (χ2v) is 7.19. The molecule has 1 aromatic carbocycles. The molecule has 7 nitrogen and oxygen atoms in total. The van der Waals surface area contributed by atoms with E-state index < -0.39 is 28.1 Å². The summed E-state index contributed by atoms with van der Waals surface area (Å²) in [4.78, 5) is 11.6. The van der Waals surface area contributed by atoms with Crippen LogP contribution in [0.25, 0.3) is 0 Å². The Morgan fingerprint density at radius 1 is 1.33 bits per heavy atom. The number of nitrogens with zero attached hydrogens (tertiary/aromatic N) is 1. The third-order valence-corrected chi connectivity index (χ3v) is 5.79. The number of aliphatic hydroxyl groups excluding tert-OH is 1. The van der Waals surface area contributed by atoms with Gasteiger partial charge in [-0.3, -0.25) is 4.79 Å². The Labute approximate surface area is 123 Å². The number of sulfonamides is 1. The number of carbonyl (C=O) groups is 1. The van der Waals surface area contributed by atoms with Gasteiger partial charge in [0, 0.05) is 18.7 Å². The topological polar surface area (TPSA) is 127 Å². The average Bonchev–Trinajstić information content (AvgIpc) is 2.70. The van der Waals surface area contributed by atoms with Crippen molar-refractivity contribution < 1.29 is 18.3 Å². The molecular weight excluding hydrogens is 294 g/mol. The lowest BCUT2D eigenvalue weighted by Gasteiger charge is -2.23. The number of anilines is 1. The highest BCUT2D eigenvalue weighted by atomic mass is 32.2. The molecule has 1 fully saturated rings. The standard InChI is InChI=1S/C13H19N3O4S/c1-7-3-9(14)4-8(2)12(7)21(19,20)16-6-10(17)5-11(16)13(15)18/h3-4,10-11,17H,5-6,14H2,1-2H3,(H2,15,18). The molecule has 0 saturated carbocycles. The molecule has 0 bridgehead atoms. The molecule has 8 heteroatoms. The Kier molecular flexibility index (Phi) is 3.96. The molecule has 1 aliphatic heterocycles. The van der Waals surface area contributed by atoms with Crippen molar-refractivity contribution >= 4 is 21.6 Å². The van der Waals surface area contributed by atoms with E-state index in [4.69, 9.17) is 11.5 Å². The van der Waals surface area contributed by atoms with Crippen LogP contribution in [0.15, 0.2) is 17.0 Å². The van der Waals surface area contributed by atoms with Crippen LogP contribution in [0.5, 0.6) is 0 Å². The molecule has 2 unspecified atom stereocenters. The number of aryl methyl sites for hydroxylation is 2. The van der Waals surface area contributed by atoms with Crippen molar-refractivity contribution in [3.63, 3.8) is 0 Å². The summed E-state index contributed by atoms with van der Waals surface area (Å²) >= 11 is 0. The number of nitrogens with two attached hydrogens (primary N) is 2. The summed E-state index contributed by atoms with van der Waals surface area (Å²) in [6.07, 6.45) is -0.881. The number of amides is 1. The molecule has 2 rings (SSSR count). The normalized spacial score (nSPS) is 23.4. The minimum atomic E-state index is -3.93. The van der Waals surface area contributed by atoms with Crippen LogP contribution >= 0.6 is 0 Å². The molecule has 2 atom stereocenters. The molecule has 0 aliphatic carbocycles. The number of hydrogen-bond acceptors (Lipinski definition) is 5. The molecule has 1 amide bonds. The lowest BCUT2D eigenvalue weighted by molar-refractivity contribution is -0.121. The summed E-state index contributed by atoms with van der Waals surface area (Å²) in [5, 5.41) is 9.68. The molecule has 21 heavy (non-hydrogen) atoms. The molecule has 116 valence electrons. The minimum absolute atomic E-state index is 0.0155. The molecule has 0 aromatic heterocycles. The number of primary amides is 1. The van der Waals surface area contributed by atoms with E-state index in [0.29, 0.717) is 16.8 Å². The molecule has 1 aliphatic rings. The number of β-amino-alcohol motifs (C(OH)–C–C–N with tert-alkyl or cyclic N) is 1. The zero-order valence-corrected chi connectivity index (χ0v) is 12.7. The Hall–Kier alpha value is -1.64. The fraction of sp³-hybridized carbons (Fsp3) is 0.462. The highest BCUT2D eigenvalue weighted by Crippen LogP contribution is 2.31. The van der Waals surface area contributed by atoms with Gasteiger partial charge in [-0.25, -0.2) is 8.42 Å². The van der Waals surface area contributed by atoms with Gasteiger partial charge in [-0.05, 0) is 37.1 Å². The first-order valence-corrected chi connectivity index (χ1v) is 7.94. The van der Waals surface area contributed by atoms with Crippen LogP contribution < -0.4 is 11.5 Å². The predicted octanol–water partition coefficient (Wildman–Crippen LogP) is -0.505. The number of nitrogen functional groups attached to an aromatic ring is 1. The molecule has 1 heterocycles. The second-order valence-electron chi connectivity index (χ2n) is 5.37. The molecular formula is C13H19N3O4S. The molecule has 5 N–H and O–H groups in total. The van der Waals surface area contributed by atoms with Gasteiger partial charge in [0.2, 0.25) is 15.9 Å².